The van der Waals surface area contributed by atoms with Crippen LogP contribution in [0.5, 0.6) is 0 Å². The van der Waals surface area contributed by atoms with Crippen molar-refractivity contribution in [3.8, 4) is 0 Å². The lowest BCUT2D eigenvalue weighted by atomic mass is 9.85. The Bertz CT molecular complexity index is 319. The molecule has 1 aliphatic carbocycles. The van der Waals surface area contributed by atoms with Crippen LogP contribution >= 0.6 is 0 Å². The Labute approximate surface area is 96.9 Å². The largest absolute Gasteiger partial charge is 0.465 e. The topological polar surface area (TPSA) is 43.4 Å². The first-order valence-corrected chi connectivity index (χ1v) is 5.77. The molecule has 0 aromatic rings. The first kappa shape index (κ1) is 12.9. The van der Waals surface area contributed by atoms with Crippen molar-refractivity contribution in [2.45, 2.75) is 40.0 Å². The van der Waals surface area contributed by atoms with Crippen molar-refractivity contribution in [1.29, 1.82) is 0 Å². The van der Waals surface area contributed by atoms with Gasteiger partial charge in [0.1, 0.15) is 5.41 Å². The second kappa shape index (κ2) is 4.81. The Hall–Kier alpha value is -1.12. The van der Waals surface area contributed by atoms with Crippen molar-refractivity contribution in [1.82, 2.24) is 0 Å². The predicted octanol–water partition coefficient (Wildman–Crippen LogP) is 2.50. The van der Waals surface area contributed by atoms with Crippen LogP contribution in [0.15, 0.2) is 12.2 Å². The standard InChI is InChI=1S/C13H20O3/c1-5-16-12(15)13(4)7-6-10(11(13)14)8-9(2)3/h10H,2,5-8H2,1,3-4H3. The molecule has 0 aromatic heterocycles. The lowest BCUT2D eigenvalue weighted by Gasteiger charge is -2.20. The molecule has 0 radical (unpaired) electrons. The first-order chi connectivity index (χ1) is 7.41. The van der Waals surface area contributed by atoms with Gasteiger partial charge in [0.2, 0.25) is 0 Å². The molecule has 0 heterocycles. The summed E-state index contributed by atoms with van der Waals surface area (Å²) in [7, 11) is 0. The van der Waals surface area contributed by atoms with Gasteiger partial charge in [0.15, 0.2) is 5.78 Å². The summed E-state index contributed by atoms with van der Waals surface area (Å²) in [4.78, 5) is 23.9. The van der Waals surface area contributed by atoms with Crippen LogP contribution in [0.2, 0.25) is 0 Å². The van der Waals surface area contributed by atoms with Crippen LogP contribution in [0.1, 0.15) is 40.0 Å². The second-order valence-electron chi connectivity index (χ2n) is 4.81. The zero-order chi connectivity index (χ0) is 12.3. The summed E-state index contributed by atoms with van der Waals surface area (Å²) in [6.07, 6.45) is 2.05. The highest BCUT2D eigenvalue weighted by atomic mass is 16.5. The van der Waals surface area contributed by atoms with E-state index >= 15 is 0 Å². The molecular weight excluding hydrogens is 204 g/mol. The zero-order valence-corrected chi connectivity index (χ0v) is 10.3. The lowest BCUT2D eigenvalue weighted by Crippen LogP contribution is -2.35. The number of carbonyl (C=O) groups is 2. The van der Waals surface area contributed by atoms with E-state index in [9.17, 15) is 9.59 Å². The van der Waals surface area contributed by atoms with Crippen molar-refractivity contribution < 1.29 is 14.3 Å². The summed E-state index contributed by atoms with van der Waals surface area (Å²) in [6.45, 7) is 9.51. The third-order valence-electron chi connectivity index (χ3n) is 3.23. The summed E-state index contributed by atoms with van der Waals surface area (Å²) >= 11 is 0. The Balaban J connectivity index is 2.75. The quantitative estimate of drug-likeness (QED) is 0.418. The molecule has 3 heteroatoms. The molecule has 0 saturated heterocycles. The average molecular weight is 224 g/mol. The molecule has 1 saturated carbocycles. The molecule has 0 bridgehead atoms. The molecule has 0 N–H and O–H groups in total. The summed E-state index contributed by atoms with van der Waals surface area (Å²) < 4.78 is 4.97. The van der Waals surface area contributed by atoms with Gasteiger partial charge < -0.3 is 4.74 Å². The third-order valence-corrected chi connectivity index (χ3v) is 3.23. The van der Waals surface area contributed by atoms with Crippen LogP contribution in [-0.4, -0.2) is 18.4 Å². The smallest absolute Gasteiger partial charge is 0.319 e. The van der Waals surface area contributed by atoms with Gasteiger partial charge in [-0.15, -0.1) is 6.58 Å². The van der Waals surface area contributed by atoms with E-state index < -0.39 is 5.41 Å². The number of esters is 1. The molecule has 0 spiro atoms. The van der Waals surface area contributed by atoms with Crippen molar-refractivity contribution in [3.05, 3.63) is 12.2 Å². The molecule has 90 valence electrons. The van der Waals surface area contributed by atoms with Gasteiger partial charge >= 0.3 is 5.97 Å². The first-order valence-electron chi connectivity index (χ1n) is 5.77. The highest BCUT2D eigenvalue weighted by Crippen LogP contribution is 2.41. The van der Waals surface area contributed by atoms with Crippen molar-refractivity contribution in [2.24, 2.45) is 11.3 Å². The number of rotatable bonds is 4. The summed E-state index contributed by atoms with van der Waals surface area (Å²) in [5, 5.41) is 0. The number of ether oxygens (including phenoxy) is 1. The van der Waals surface area contributed by atoms with Crippen molar-refractivity contribution >= 4 is 11.8 Å². The van der Waals surface area contributed by atoms with Gasteiger partial charge in [-0.3, -0.25) is 9.59 Å². The van der Waals surface area contributed by atoms with Crippen LogP contribution in [-0.2, 0) is 14.3 Å². The van der Waals surface area contributed by atoms with E-state index in [0.29, 0.717) is 19.4 Å². The van der Waals surface area contributed by atoms with E-state index in [2.05, 4.69) is 6.58 Å². The van der Waals surface area contributed by atoms with E-state index in [0.717, 1.165) is 12.0 Å². The summed E-state index contributed by atoms with van der Waals surface area (Å²) in [5.41, 5.74) is 0.0716. The molecule has 16 heavy (non-hydrogen) atoms. The van der Waals surface area contributed by atoms with Gasteiger partial charge in [0.05, 0.1) is 6.61 Å². The maximum absolute atomic E-state index is 12.1. The van der Waals surface area contributed by atoms with Gasteiger partial charge in [0, 0.05) is 5.92 Å². The van der Waals surface area contributed by atoms with Crippen LogP contribution in [0.4, 0.5) is 0 Å². The summed E-state index contributed by atoms with van der Waals surface area (Å²) in [5.74, 6) is -0.398. The predicted molar refractivity (Wildman–Crippen MR) is 61.9 cm³/mol. The monoisotopic (exact) mass is 224 g/mol. The number of hydrogen-bond donors (Lipinski definition) is 0. The Morgan fingerprint density at radius 1 is 1.62 bits per heavy atom. The molecular formula is C13H20O3. The molecule has 1 aliphatic rings. The van der Waals surface area contributed by atoms with Gasteiger partial charge in [0.25, 0.3) is 0 Å². The average Bonchev–Trinajstić information content (AvgIpc) is 2.47. The molecule has 3 nitrogen and oxygen atoms in total. The minimum Gasteiger partial charge on any atom is -0.465 e. The van der Waals surface area contributed by atoms with Gasteiger partial charge in [-0.1, -0.05) is 5.57 Å². The SMILES string of the molecule is C=C(C)CC1CCC(C)(C(=O)OCC)C1=O. The number of Topliss-reactive ketones (excluding diaryl/α,β-unsaturated/α-hetero) is 1. The fourth-order valence-corrected chi connectivity index (χ4v) is 2.28. The van der Waals surface area contributed by atoms with E-state index in [4.69, 9.17) is 4.74 Å². The lowest BCUT2D eigenvalue weighted by molar-refractivity contribution is -0.158. The van der Waals surface area contributed by atoms with E-state index in [1.54, 1.807) is 13.8 Å². The maximum Gasteiger partial charge on any atom is 0.319 e. The fourth-order valence-electron chi connectivity index (χ4n) is 2.28. The maximum atomic E-state index is 12.1. The van der Waals surface area contributed by atoms with Crippen LogP contribution < -0.4 is 0 Å². The van der Waals surface area contributed by atoms with Crippen LogP contribution in [0, 0.1) is 11.3 Å². The van der Waals surface area contributed by atoms with Gasteiger partial charge in [-0.25, -0.2) is 0 Å². The molecule has 2 atom stereocenters. The van der Waals surface area contributed by atoms with Crippen molar-refractivity contribution in [2.75, 3.05) is 6.61 Å². The minimum atomic E-state index is -0.921. The minimum absolute atomic E-state index is 0.0222. The van der Waals surface area contributed by atoms with E-state index in [1.807, 2.05) is 6.92 Å². The molecule has 0 aliphatic heterocycles. The number of carbonyl (C=O) groups excluding carboxylic acids is 2. The number of hydrogen-bond acceptors (Lipinski definition) is 3. The molecule has 1 rings (SSSR count). The van der Waals surface area contributed by atoms with Crippen LogP contribution in [0.3, 0.4) is 0 Å². The van der Waals surface area contributed by atoms with Crippen molar-refractivity contribution in [3.63, 3.8) is 0 Å². The Morgan fingerprint density at radius 3 is 2.75 bits per heavy atom. The molecule has 1 fully saturated rings. The third kappa shape index (κ3) is 2.34. The molecule has 0 amide bonds. The zero-order valence-electron chi connectivity index (χ0n) is 10.3. The number of ketones is 1. The molecule has 0 aromatic carbocycles. The Kier molecular flexibility index (Phi) is 3.89. The highest BCUT2D eigenvalue weighted by molar-refractivity contribution is 6.06. The van der Waals surface area contributed by atoms with E-state index in [-0.39, 0.29) is 17.7 Å². The summed E-state index contributed by atoms with van der Waals surface area (Å²) in [6, 6.07) is 0. The highest BCUT2D eigenvalue weighted by Gasteiger charge is 2.50. The fraction of sp³-hybridized carbons (Fsp3) is 0.692. The van der Waals surface area contributed by atoms with Gasteiger partial charge in [-0.05, 0) is 40.0 Å². The van der Waals surface area contributed by atoms with Crippen LogP contribution in [0.25, 0.3) is 0 Å². The number of allylic oxidation sites excluding steroid dienone is 1. The second-order valence-corrected chi connectivity index (χ2v) is 4.81. The molecule has 2 unspecified atom stereocenters. The van der Waals surface area contributed by atoms with Gasteiger partial charge in [-0.2, -0.15) is 0 Å². The normalized spacial score (nSPS) is 29.2. The Morgan fingerprint density at radius 2 is 2.25 bits per heavy atom. The van der Waals surface area contributed by atoms with E-state index in [1.165, 1.54) is 0 Å².